The zero-order chi connectivity index (χ0) is 24.5. The molecule has 36 heavy (non-hydrogen) atoms. The summed E-state index contributed by atoms with van der Waals surface area (Å²) in [4.78, 5) is 27.8. The van der Waals surface area contributed by atoms with E-state index in [0.717, 1.165) is 85.9 Å². The van der Waals surface area contributed by atoms with Gasteiger partial charge in [-0.1, -0.05) is 0 Å². The minimum atomic E-state index is 0.0649. The van der Waals surface area contributed by atoms with Gasteiger partial charge >= 0.3 is 0 Å². The summed E-state index contributed by atoms with van der Waals surface area (Å²) in [5.41, 5.74) is 4.28. The molecule has 0 spiro atoms. The van der Waals surface area contributed by atoms with E-state index in [9.17, 15) is 4.79 Å². The Labute approximate surface area is 210 Å². The van der Waals surface area contributed by atoms with Gasteiger partial charge in [0.25, 0.3) is 5.91 Å². The van der Waals surface area contributed by atoms with E-state index < -0.39 is 0 Å². The monoisotopic (exact) mass is 487 g/mol. The van der Waals surface area contributed by atoms with Crippen molar-refractivity contribution < 1.29 is 9.53 Å². The third-order valence-electron chi connectivity index (χ3n) is 7.55. The van der Waals surface area contributed by atoms with Crippen molar-refractivity contribution in [2.24, 2.45) is 0 Å². The molecule has 4 aromatic rings. The summed E-state index contributed by atoms with van der Waals surface area (Å²) < 4.78 is 7.54. The third-order valence-corrected chi connectivity index (χ3v) is 7.55. The summed E-state index contributed by atoms with van der Waals surface area (Å²) >= 11 is 0. The Kier molecular flexibility index (Phi) is 6.31. The van der Waals surface area contributed by atoms with Crippen LogP contribution in [0.1, 0.15) is 62.2 Å². The van der Waals surface area contributed by atoms with Crippen molar-refractivity contribution in [3.8, 4) is 11.1 Å². The van der Waals surface area contributed by atoms with Crippen LogP contribution < -0.4 is 5.32 Å². The van der Waals surface area contributed by atoms with Crippen LogP contribution in [-0.4, -0.2) is 67.2 Å². The second-order valence-electron chi connectivity index (χ2n) is 9.89. The Bertz CT molecular complexity index is 1360. The summed E-state index contributed by atoms with van der Waals surface area (Å²) in [6.07, 6.45) is 15.4. The minimum absolute atomic E-state index is 0.0649. The normalized spacial score (nSPS) is 20.8. The number of nitrogens with one attached hydrogen (secondary N) is 2. The lowest BCUT2D eigenvalue weighted by molar-refractivity contribution is 0.0346. The summed E-state index contributed by atoms with van der Waals surface area (Å²) in [7, 11) is 0. The molecule has 1 saturated carbocycles. The number of rotatable bonds is 6. The highest BCUT2D eigenvalue weighted by Crippen LogP contribution is 2.30. The first-order valence-electron chi connectivity index (χ1n) is 13.2. The first-order valence-corrected chi connectivity index (χ1v) is 13.2. The molecule has 5 heterocycles. The van der Waals surface area contributed by atoms with Crippen molar-refractivity contribution in [2.75, 3.05) is 25.0 Å². The lowest BCUT2D eigenvalue weighted by Crippen LogP contribution is -2.35. The fraction of sp³-hybridized carbons (Fsp3) is 0.481. The van der Waals surface area contributed by atoms with Crippen molar-refractivity contribution in [3.05, 3.63) is 42.5 Å². The molecule has 0 atom stereocenters. The van der Waals surface area contributed by atoms with E-state index in [1.807, 2.05) is 35.6 Å². The molecule has 0 radical (unpaired) electrons. The molecule has 1 amide bonds. The number of ether oxygens (including phenoxy) is 1. The van der Waals surface area contributed by atoms with Crippen molar-refractivity contribution in [1.29, 1.82) is 0 Å². The fourth-order valence-corrected chi connectivity index (χ4v) is 5.59. The molecular weight excluding hydrogens is 454 g/mol. The molecule has 1 aliphatic heterocycles. The van der Waals surface area contributed by atoms with Crippen LogP contribution in [0.2, 0.25) is 0 Å². The first kappa shape index (κ1) is 23.0. The van der Waals surface area contributed by atoms with Crippen LogP contribution in [0.4, 0.5) is 5.95 Å². The lowest BCUT2D eigenvalue weighted by Gasteiger charge is -2.28. The number of hydrogen-bond donors (Lipinski definition) is 2. The average molecular weight is 488 g/mol. The standard InChI is InChI=1S/C27H33N7O2/c1-2-36-20-8-6-19(7-9-20)31-27-29-16-22-21(15-28-25(22)32-27)18-10-13-34-24(14-18)23(17-30-34)26(35)33-11-4-3-5-12-33/h10,13-17,19-20H,2-9,11-12H2,1H3,(H2,28,29,31,32)/t19-,20+. The largest absolute Gasteiger partial charge is 0.379 e. The van der Waals surface area contributed by atoms with E-state index in [4.69, 9.17) is 9.72 Å². The highest BCUT2D eigenvalue weighted by Gasteiger charge is 2.23. The van der Waals surface area contributed by atoms with Crippen LogP contribution in [0, 0.1) is 0 Å². The molecule has 9 heteroatoms. The Hall–Kier alpha value is -3.46. The van der Waals surface area contributed by atoms with Crippen LogP contribution in [0.15, 0.2) is 36.9 Å². The van der Waals surface area contributed by atoms with Gasteiger partial charge in [-0.15, -0.1) is 0 Å². The number of pyridine rings is 1. The minimum Gasteiger partial charge on any atom is -0.379 e. The Morgan fingerprint density at radius 2 is 2.00 bits per heavy atom. The molecule has 0 aromatic carbocycles. The second kappa shape index (κ2) is 9.89. The van der Waals surface area contributed by atoms with Crippen LogP contribution >= 0.6 is 0 Å². The maximum Gasteiger partial charge on any atom is 0.257 e. The summed E-state index contributed by atoms with van der Waals surface area (Å²) in [5, 5.41) is 8.88. The molecule has 2 fully saturated rings. The van der Waals surface area contributed by atoms with Crippen molar-refractivity contribution >= 4 is 28.4 Å². The summed E-state index contributed by atoms with van der Waals surface area (Å²) in [5.74, 6) is 0.714. The fourth-order valence-electron chi connectivity index (χ4n) is 5.59. The molecule has 188 valence electrons. The van der Waals surface area contributed by atoms with Gasteiger partial charge in [0.15, 0.2) is 0 Å². The van der Waals surface area contributed by atoms with Gasteiger partial charge in [0, 0.05) is 55.3 Å². The Morgan fingerprint density at radius 1 is 1.17 bits per heavy atom. The number of fused-ring (bicyclic) bond motifs is 2. The van der Waals surface area contributed by atoms with Gasteiger partial charge < -0.3 is 19.9 Å². The maximum atomic E-state index is 13.2. The van der Waals surface area contributed by atoms with Crippen molar-refractivity contribution in [1.82, 2.24) is 29.5 Å². The Morgan fingerprint density at radius 3 is 2.81 bits per heavy atom. The number of H-pyrrole nitrogens is 1. The number of nitrogens with zero attached hydrogens (tertiary/aromatic N) is 5. The summed E-state index contributed by atoms with van der Waals surface area (Å²) in [6, 6.07) is 4.42. The quantitative estimate of drug-likeness (QED) is 0.410. The Balaban J connectivity index is 1.23. The smallest absolute Gasteiger partial charge is 0.257 e. The topological polar surface area (TPSA) is 100 Å². The number of likely N-dealkylation sites (tertiary alicyclic amines) is 1. The van der Waals surface area contributed by atoms with Gasteiger partial charge in [-0.05, 0) is 69.6 Å². The van der Waals surface area contributed by atoms with Gasteiger partial charge in [-0.3, -0.25) is 4.79 Å². The highest BCUT2D eigenvalue weighted by atomic mass is 16.5. The number of anilines is 1. The molecule has 1 aliphatic carbocycles. The van der Waals surface area contributed by atoms with E-state index in [2.05, 4.69) is 27.3 Å². The number of aromatic amines is 1. The first-order chi connectivity index (χ1) is 17.7. The number of piperidine rings is 1. The molecule has 1 saturated heterocycles. The SMILES string of the molecule is CCO[C@H]1CC[C@@H](Nc2ncc3c(-c4ccn5ncc(C(=O)N6CCCCC6)c5c4)c[nH]c3n2)CC1. The zero-order valence-corrected chi connectivity index (χ0v) is 20.7. The van der Waals surface area contributed by atoms with E-state index in [-0.39, 0.29) is 5.91 Å². The number of aromatic nitrogens is 5. The van der Waals surface area contributed by atoms with Crippen LogP contribution in [0.3, 0.4) is 0 Å². The molecule has 0 unspecified atom stereocenters. The number of hydrogen-bond acceptors (Lipinski definition) is 6. The molecular formula is C27H33N7O2. The van der Waals surface area contributed by atoms with Gasteiger partial charge in [-0.2, -0.15) is 10.1 Å². The van der Waals surface area contributed by atoms with Crippen LogP contribution in [0.5, 0.6) is 0 Å². The number of carbonyl (C=O) groups is 1. The molecule has 6 rings (SSSR count). The molecule has 2 N–H and O–H groups in total. The molecule has 9 nitrogen and oxygen atoms in total. The zero-order valence-electron chi connectivity index (χ0n) is 20.7. The maximum absolute atomic E-state index is 13.2. The third kappa shape index (κ3) is 4.43. The molecule has 0 bridgehead atoms. The summed E-state index contributed by atoms with van der Waals surface area (Å²) in [6.45, 7) is 4.47. The van der Waals surface area contributed by atoms with Gasteiger partial charge in [-0.25, -0.2) is 9.50 Å². The van der Waals surface area contributed by atoms with Crippen LogP contribution in [-0.2, 0) is 4.74 Å². The van der Waals surface area contributed by atoms with E-state index in [0.29, 0.717) is 23.7 Å². The second-order valence-corrected chi connectivity index (χ2v) is 9.89. The van der Waals surface area contributed by atoms with E-state index >= 15 is 0 Å². The van der Waals surface area contributed by atoms with Crippen LogP contribution in [0.25, 0.3) is 27.7 Å². The highest BCUT2D eigenvalue weighted by molar-refractivity contribution is 6.02. The number of amides is 1. The van der Waals surface area contributed by atoms with Gasteiger partial charge in [0.1, 0.15) is 5.65 Å². The number of carbonyl (C=O) groups excluding carboxylic acids is 1. The molecule has 2 aliphatic rings. The molecule has 4 aromatic heterocycles. The van der Waals surface area contributed by atoms with Crippen molar-refractivity contribution in [3.63, 3.8) is 0 Å². The van der Waals surface area contributed by atoms with E-state index in [1.165, 1.54) is 6.42 Å². The van der Waals surface area contributed by atoms with E-state index in [1.54, 1.807) is 10.7 Å². The average Bonchev–Trinajstić information content (AvgIpc) is 3.54. The van der Waals surface area contributed by atoms with Gasteiger partial charge in [0.05, 0.1) is 23.4 Å². The predicted octanol–water partition coefficient (Wildman–Crippen LogP) is 4.66. The van der Waals surface area contributed by atoms with Gasteiger partial charge in [0.2, 0.25) is 5.95 Å². The predicted molar refractivity (Wildman–Crippen MR) is 139 cm³/mol. The lowest BCUT2D eigenvalue weighted by atomic mass is 9.93. The van der Waals surface area contributed by atoms with Crippen molar-refractivity contribution in [2.45, 2.75) is 64.0 Å².